The molecule has 64 valence electrons. The summed E-state index contributed by atoms with van der Waals surface area (Å²) in [5, 5.41) is 0. The second-order valence-corrected chi connectivity index (χ2v) is 6.15. The molecule has 0 N–H and O–H groups in total. The maximum absolute atomic E-state index is 3.78. The molecule has 3 rings (SSSR count). The highest BCUT2D eigenvalue weighted by Crippen LogP contribution is 2.62. The molecule has 4 atom stereocenters. The van der Waals surface area contributed by atoms with Gasteiger partial charge in [0.25, 0.3) is 0 Å². The molecular formula is C10H17Br. The lowest BCUT2D eigenvalue weighted by Crippen LogP contribution is -2.55. The minimum absolute atomic E-state index is 0.656. The van der Waals surface area contributed by atoms with Crippen LogP contribution in [0.4, 0.5) is 0 Å². The molecule has 3 saturated carbocycles. The third-order valence-electron chi connectivity index (χ3n) is 4.26. The summed E-state index contributed by atoms with van der Waals surface area (Å²) in [7, 11) is 0. The van der Waals surface area contributed by atoms with Crippen molar-refractivity contribution in [2.75, 3.05) is 0 Å². The van der Waals surface area contributed by atoms with Crippen molar-refractivity contribution in [3.63, 3.8) is 0 Å². The lowest BCUT2D eigenvalue weighted by Gasteiger charge is -2.61. The molecule has 2 unspecified atom stereocenters. The first-order valence-electron chi connectivity index (χ1n) is 4.67. The van der Waals surface area contributed by atoms with Gasteiger partial charge in [0, 0.05) is 4.83 Å². The molecule has 0 aromatic carbocycles. The number of hydrogen-bond acceptors (Lipinski definition) is 0. The Morgan fingerprint density at radius 1 is 1.27 bits per heavy atom. The average molecular weight is 217 g/mol. The van der Waals surface area contributed by atoms with Crippen molar-refractivity contribution in [2.24, 2.45) is 23.2 Å². The van der Waals surface area contributed by atoms with Crippen LogP contribution >= 0.6 is 15.9 Å². The Bertz CT molecular complexity index is 174. The van der Waals surface area contributed by atoms with Crippen molar-refractivity contribution in [2.45, 2.75) is 38.4 Å². The Morgan fingerprint density at radius 2 is 1.91 bits per heavy atom. The summed E-state index contributed by atoms with van der Waals surface area (Å²) in [5.74, 6) is 2.90. The average Bonchev–Trinajstić information content (AvgIpc) is 1.93. The number of rotatable bonds is 0. The maximum atomic E-state index is 3.78. The zero-order chi connectivity index (χ0) is 8.22. The van der Waals surface area contributed by atoms with Gasteiger partial charge < -0.3 is 0 Å². The molecule has 3 fully saturated rings. The third kappa shape index (κ3) is 0.929. The Hall–Kier alpha value is 0.480. The van der Waals surface area contributed by atoms with E-state index in [9.17, 15) is 0 Å². The lowest BCUT2D eigenvalue weighted by atomic mass is 9.46. The third-order valence-corrected chi connectivity index (χ3v) is 5.47. The number of hydrogen-bond donors (Lipinski definition) is 0. The van der Waals surface area contributed by atoms with Crippen molar-refractivity contribution in [1.29, 1.82) is 0 Å². The van der Waals surface area contributed by atoms with Gasteiger partial charge in [-0.15, -0.1) is 0 Å². The van der Waals surface area contributed by atoms with Gasteiger partial charge in [0.1, 0.15) is 0 Å². The molecule has 0 saturated heterocycles. The molecule has 0 aromatic heterocycles. The topological polar surface area (TPSA) is 0 Å². The van der Waals surface area contributed by atoms with E-state index in [-0.39, 0.29) is 0 Å². The van der Waals surface area contributed by atoms with Crippen molar-refractivity contribution in [3.8, 4) is 0 Å². The summed E-state index contributed by atoms with van der Waals surface area (Å²) in [6, 6.07) is 0. The van der Waals surface area contributed by atoms with E-state index in [4.69, 9.17) is 0 Å². The summed E-state index contributed by atoms with van der Waals surface area (Å²) in [5.41, 5.74) is 0.656. The highest BCUT2D eigenvalue weighted by atomic mass is 79.9. The summed E-state index contributed by atoms with van der Waals surface area (Å²) >= 11 is 3.78. The van der Waals surface area contributed by atoms with E-state index >= 15 is 0 Å². The molecule has 11 heavy (non-hydrogen) atoms. The summed E-state index contributed by atoms with van der Waals surface area (Å²) in [6.07, 6.45) is 2.90. The molecule has 0 aliphatic heterocycles. The molecule has 0 spiro atoms. The smallest absolute Gasteiger partial charge is 0.0177 e. The monoisotopic (exact) mass is 216 g/mol. The van der Waals surface area contributed by atoms with Crippen LogP contribution in [0.2, 0.25) is 0 Å². The summed E-state index contributed by atoms with van der Waals surface area (Å²) < 4.78 is 0. The van der Waals surface area contributed by atoms with Crippen molar-refractivity contribution in [3.05, 3.63) is 0 Å². The standard InChI is InChI=1S/C10H17Br/c1-6-8-4-7(5-9(6)11)10(8,2)3/h6-9H,4-5H2,1-3H3/t6-,7?,8?,9-/m1/s1. The fourth-order valence-electron chi connectivity index (χ4n) is 3.09. The minimum Gasteiger partial charge on any atom is -0.0888 e. The molecule has 3 aliphatic carbocycles. The highest BCUT2D eigenvalue weighted by molar-refractivity contribution is 9.09. The van der Waals surface area contributed by atoms with Crippen LogP contribution in [0.1, 0.15) is 33.6 Å². The lowest BCUT2D eigenvalue weighted by molar-refractivity contribution is -0.0939. The Balaban J connectivity index is 2.17. The normalized spacial score (nSPS) is 53.5. The van der Waals surface area contributed by atoms with Crippen LogP contribution in [0.25, 0.3) is 0 Å². The fraction of sp³-hybridized carbons (Fsp3) is 1.00. The van der Waals surface area contributed by atoms with E-state index in [0.717, 1.165) is 22.6 Å². The molecule has 0 amide bonds. The van der Waals surface area contributed by atoms with Crippen LogP contribution in [-0.4, -0.2) is 4.83 Å². The predicted molar refractivity (Wildman–Crippen MR) is 51.9 cm³/mol. The van der Waals surface area contributed by atoms with Gasteiger partial charge in [0.05, 0.1) is 0 Å². The Labute approximate surface area is 77.9 Å². The Kier molecular flexibility index (Phi) is 1.65. The number of halogens is 1. The van der Waals surface area contributed by atoms with Gasteiger partial charge in [0.15, 0.2) is 0 Å². The first-order valence-corrected chi connectivity index (χ1v) is 5.59. The molecule has 0 heterocycles. The fourth-order valence-corrected chi connectivity index (χ4v) is 3.91. The maximum Gasteiger partial charge on any atom is 0.0177 e. The van der Waals surface area contributed by atoms with Crippen molar-refractivity contribution >= 4 is 15.9 Å². The second kappa shape index (κ2) is 2.25. The molecular weight excluding hydrogens is 200 g/mol. The minimum atomic E-state index is 0.656. The van der Waals surface area contributed by atoms with Crippen molar-refractivity contribution in [1.82, 2.24) is 0 Å². The highest BCUT2D eigenvalue weighted by Gasteiger charge is 2.55. The molecule has 2 bridgehead atoms. The van der Waals surface area contributed by atoms with Crippen LogP contribution in [-0.2, 0) is 0 Å². The van der Waals surface area contributed by atoms with Crippen LogP contribution in [0, 0.1) is 23.2 Å². The molecule has 1 heteroatoms. The quantitative estimate of drug-likeness (QED) is 0.545. The second-order valence-electron chi connectivity index (χ2n) is 4.97. The van der Waals surface area contributed by atoms with Gasteiger partial charge in [-0.3, -0.25) is 0 Å². The van der Waals surface area contributed by atoms with Gasteiger partial charge >= 0.3 is 0 Å². The zero-order valence-corrected chi connectivity index (χ0v) is 9.19. The van der Waals surface area contributed by atoms with E-state index in [1.54, 1.807) is 0 Å². The summed E-state index contributed by atoms with van der Waals surface area (Å²) in [4.78, 5) is 0.805. The van der Waals surface area contributed by atoms with Gasteiger partial charge in [-0.25, -0.2) is 0 Å². The van der Waals surface area contributed by atoms with E-state index in [0.29, 0.717) is 5.41 Å². The van der Waals surface area contributed by atoms with Gasteiger partial charge in [-0.05, 0) is 36.0 Å². The molecule has 0 nitrogen and oxygen atoms in total. The summed E-state index contributed by atoms with van der Waals surface area (Å²) in [6.45, 7) is 7.30. The van der Waals surface area contributed by atoms with Crippen LogP contribution in [0.15, 0.2) is 0 Å². The predicted octanol–water partition coefficient (Wildman–Crippen LogP) is 3.45. The Morgan fingerprint density at radius 3 is 2.27 bits per heavy atom. The zero-order valence-electron chi connectivity index (χ0n) is 7.60. The van der Waals surface area contributed by atoms with E-state index in [1.165, 1.54) is 12.8 Å². The SMILES string of the molecule is C[C@@H]1C2CC(C[C@H]1Br)C2(C)C. The molecule has 3 aliphatic rings. The van der Waals surface area contributed by atoms with Gasteiger partial charge in [-0.1, -0.05) is 36.7 Å². The first kappa shape index (κ1) is 8.10. The van der Waals surface area contributed by atoms with Crippen LogP contribution < -0.4 is 0 Å². The van der Waals surface area contributed by atoms with Crippen molar-refractivity contribution < 1.29 is 0 Å². The number of alkyl halides is 1. The van der Waals surface area contributed by atoms with Gasteiger partial charge in [0.2, 0.25) is 0 Å². The largest absolute Gasteiger partial charge is 0.0888 e. The first-order chi connectivity index (χ1) is 5.03. The molecule has 0 radical (unpaired) electrons. The van der Waals surface area contributed by atoms with E-state index in [1.807, 2.05) is 0 Å². The van der Waals surface area contributed by atoms with Gasteiger partial charge in [-0.2, -0.15) is 0 Å². The van der Waals surface area contributed by atoms with Crippen LogP contribution in [0.5, 0.6) is 0 Å². The number of fused-ring (bicyclic) bond motifs is 2. The molecule has 0 aromatic rings. The van der Waals surface area contributed by atoms with E-state index in [2.05, 4.69) is 36.7 Å². The van der Waals surface area contributed by atoms with E-state index < -0.39 is 0 Å². The van der Waals surface area contributed by atoms with Crippen LogP contribution in [0.3, 0.4) is 0 Å².